The molecule has 0 saturated heterocycles. The minimum absolute atomic E-state index is 0.0146. The molecule has 0 radical (unpaired) electrons. The van der Waals surface area contributed by atoms with Crippen LogP contribution in [0.2, 0.25) is 0 Å². The molecule has 0 atom stereocenters. The maximum absolute atomic E-state index is 12.4. The van der Waals surface area contributed by atoms with Crippen LogP contribution in [0.1, 0.15) is 69.8 Å². The fourth-order valence-corrected chi connectivity index (χ4v) is 6.19. The Balaban J connectivity index is 1.47. The number of esters is 3. The number of hydrogen-bond acceptors (Lipinski definition) is 7. The fraction of sp³-hybridized carbons (Fsp3) is 0.400. The van der Waals surface area contributed by atoms with Gasteiger partial charge in [-0.3, -0.25) is 4.79 Å². The van der Waals surface area contributed by atoms with Gasteiger partial charge < -0.3 is 19.3 Å². The first kappa shape index (κ1) is 31.0. The van der Waals surface area contributed by atoms with Crippen molar-refractivity contribution in [1.29, 1.82) is 0 Å². The summed E-state index contributed by atoms with van der Waals surface area (Å²) >= 11 is 0. The number of benzene rings is 2. The van der Waals surface area contributed by atoms with Gasteiger partial charge in [0.1, 0.15) is 11.5 Å². The average Bonchev–Trinajstić information content (AvgIpc) is 3.01. The number of rotatable bonds is 10. The molecule has 2 fully saturated rings. The number of hydrogen-bond donors (Lipinski definition) is 1. The van der Waals surface area contributed by atoms with Gasteiger partial charge in [-0.1, -0.05) is 37.9 Å². The van der Waals surface area contributed by atoms with E-state index in [0.29, 0.717) is 28.9 Å². The van der Waals surface area contributed by atoms with Crippen LogP contribution in [0.3, 0.4) is 0 Å². The molecule has 0 heterocycles. The Kier molecular flexibility index (Phi) is 10.5. The van der Waals surface area contributed by atoms with Crippen LogP contribution in [0.25, 0.3) is 11.1 Å². The Morgan fingerprint density at radius 3 is 2.00 bits per heavy atom. The van der Waals surface area contributed by atoms with E-state index in [-0.39, 0.29) is 23.4 Å². The Hall–Kier alpha value is -3.97. The van der Waals surface area contributed by atoms with Crippen molar-refractivity contribution in [3.05, 3.63) is 85.2 Å². The first-order valence-electron chi connectivity index (χ1n) is 14.6. The van der Waals surface area contributed by atoms with E-state index in [1.54, 1.807) is 19.1 Å². The molecular formula is C35H40O7. The summed E-state index contributed by atoms with van der Waals surface area (Å²) in [4.78, 5) is 36.5. The van der Waals surface area contributed by atoms with Gasteiger partial charge in [-0.25, -0.2) is 9.59 Å². The summed E-state index contributed by atoms with van der Waals surface area (Å²) in [5, 5.41) is 9.09. The molecular weight excluding hydrogens is 532 g/mol. The van der Waals surface area contributed by atoms with Crippen LogP contribution in [-0.4, -0.2) is 29.6 Å². The van der Waals surface area contributed by atoms with Gasteiger partial charge in [-0.05, 0) is 117 Å². The zero-order valence-electron chi connectivity index (χ0n) is 24.3. The molecule has 1 N–H and O–H groups in total. The van der Waals surface area contributed by atoms with Crippen molar-refractivity contribution in [3.8, 4) is 22.6 Å². The molecule has 2 aromatic carbocycles. The highest BCUT2D eigenvalue weighted by molar-refractivity contribution is 5.90. The Labute approximate surface area is 247 Å². The molecule has 7 heteroatoms. The number of carbonyl (C=O) groups is 3. The lowest BCUT2D eigenvalue weighted by molar-refractivity contribution is -0.144. The average molecular weight is 573 g/mol. The van der Waals surface area contributed by atoms with Crippen molar-refractivity contribution in [3.63, 3.8) is 0 Å². The lowest BCUT2D eigenvalue weighted by Crippen LogP contribution is -2.28. The van der Waals surface area contributed by atoms with Crippen molar-refractivity contribution >= 4 is 17.9 Å². The summed E-state index contributed by atoms with van der Waals surface area (Å²) in [5.74, 6) is 1.11. The van der Waals surface area contributed by atoms with Gasteiger partial charge in [0, 0.05) is 5.57 Å². The van der Waals surface area contributed by atoms with Gasteiger partial charge in [0.25, 0.3) is 0 Å². The largest absolute Gasteiger partial charge is 0.435 e. The van der Waals surface area contributed by atoms with E-state index in [1.165, 1.54) is 6.26 Å². The molecule has 2 aliphatic rings. The van der Waals surface area contributed by atoms with Crippen LogP contribution in [0, 0.1) is 17.8 Å². The fourth-order valence-electron chi connectivity index (χ4n) is 6.19. The molecule has 2 aromatic rings. The number of ether oxygens (including phenoxy) is 3. The monoisotopic (exact) mass is 572 g/mol. The van der Waals surface area contributed by atoms with Crippen molar-refractivity contribution in [2.75, 3.05) is 6.61 Å². The summed E-state index contributed by atoms with van der Waals surface area (Å²) in [7, 11) is 0. The molecule has 0 spiro atoms. The second-order valence-corrected chi connectivity index (χ2v) is 11.4. The third-order valence-corrected chi connectivity index (χ3v) is 8.62. The predicted molar refractivity (Wildman–Crippen MR) is 161 cm³/mol. The molecule has 222 valence electrons. The van der Waals surface area contributed by atoms with Crippen LogP contribution in [0.5, 0.6) is 11.5 Å². The van der Waals surface area contributed by atoms with Gasteiger partial charge in [-0.15, -0.1) is 0 Å². The zero-order chi connectivity index (χ0) is 30.2. The summed E-state index contributed by atoms with van der Waals surface area (Å²) in [5.41, 5.74) is 3.22. The normalized spacial score (nSPS) is 22.0. The maximum Gasteiger partial charge on any atom is 0.341 e. The highest BCUT2D eigenvalue weighted by atomic mass is 16.5. The Morgan fingerprint density at radius 1 is 0.833 bits per heavy atom. The van der Waals surface area contributed by atoms with Gasteiger partial charge in [0.2, 0.25) is 0 Å². The minimum Gasteiger partial charge on any atom is -0.435 e. The smallest absolute Gasteiger partial charge is 0.341 e. The van der Waals surface area contributed by atoms with Gasteiger partial charge in [0.05, 0.1) is 24.4 Å². The molecule has 2 saturated carbocycles. The van der Waals surface area contributed by atoms with Crippen molar-refractivity contribution < 1.29 is 33.7 Å². The molecule has 0 aliphatic heterocycles. The molecule has 0 bridgehead atoms. The van der Waals surface area contributed by atoms with Crippen molar-refractivity contribution in [2.45, 2.75) is 64.2 Å². The molecule has 0 aromatic heterocycles. The van der Waals surface area contributed by atoms with E-state index in [9.17, 15) is 14.4 Å². The van der Waals surface area contributed by atoms with Crippen LogP contribution in [-0.2, 0) is 19.1 Å². The first-order valence-corrected chi connectivity index (χ1v) is 14.6. The SMILES string of the molecule is C=COC(=O)C1CCC(C2CCC(c3cc(-c4ccc(OC(=O)C(=C)CO)cc4)ccc3OC(=O)C(=C)C)CC2)CC1. The second-order valence-electron chi connectivity index (χ2n) is 11.4. The Morgan fingerprint density at radius 2 is 1.43 bits per heavy atom. The standard InChI is InChI=1S/C35H40O7/c1-5-40-35(39)28-12-8-25(9-13-28)24-6-10-27(11-7-24)31-20-29(16-19-32(31)42-33(37)22(2)3)26-14-17-30(18-15-26)41-34(38)23(4)21-36/h5,14-20,24-25,27-28,36H,1-2,4,6-13,21H2,3H3. The highest BCUT2D eigenvalue weighted by Crippen LogP contribution is 2.46. The van der Waals surface area contributed by atoms with Crippen LogP contribution >= 0.6 is 0 Å². The molecule has 0 unspecified atom stereocenters. The summed E-state index contributed by atoms with van der Waals surface area (Å²) in [6, 6.07) is 13.0. The van der Waals surface area contributed by atoms with E-state index < -0.39 is 18.5 Å². The van der Waals surface area contributed by atoms with Gasteiger partial charge in [-0.2, -0.15) is 0 Å². The molecule has 2 aliphatic carbocycles. The van der Waals surface area contributed by atoms with Gasteiger partial charge in [0.15, 0.2) is 0 Å². The first-order chi connectivity index (χ1) is 20.2. The van der Waals surface area contributed by atoms with E-state index in [1.807, 2.05) is 24.3 Å². The van der Waals surface area contributed by atoms with Crippen molar-refractivity contribution in [1.82, 2.24) is 0 Å². The van der Waals surface area contributed by atoms with Gasteiger partial charge >= 0.3 is 17.9 Å². The topological polar surface area (TPSA) is 99.1 Å². The molecule has 42 heavy (non-hydrogen) atoms. The molecule has 7 nitrogen and oxygen atoms in total. The highest BCUT2D eigenvalue weighted by Gasteiger charge is 2.34. The lowest BCUT2D eigenvalue weighted by Gasteiger charge is -2.37. The van der Waals surface area contributed by atoms with E-state index in [0.717, 1.165) is 68.1 Å². The lowest BCUT2D eigenvalue weighted by atomic mass is 9.68. The van der Waals surface area contributed by atoms with Crippen LogP contribution < -0.4 is 9.47 Å². The number of aliphatic hydroxyl groups is 1. The zero-order valence-corrected chi connectivity index (χ0v) is 24.3. The number of aliphatic hydroxyl groups excluding tert-OH is 1. The summed E-state index contributed by atoms with van der Waals surface area (Å²) in [6.07, 6.45) is 9.22. The van der Waals surface area contributed by atoms with E-state index >= 15 is 0 Å². The maximum atomic E-state index is 12.4. The summed E-state index contributed by atoms with van der Waals surface area (Å²) in [6.45, 7) is 11.9. The van der Waals surface area contributed by atoms with Crippen LogP contribution in [0.4, 0.5) is 0 Å². The van der Waals surface area contributed by atoms with Crippen LogP contribution in [0.15, 0.2) is 79.6 Å². The Bertz CT molecular complexity index is 1320. The number of carbonyl (C=O) groups excluding carboxylic acids is 3. The quantitative estimate of drug-likeness (QED) is 0.141. The predicted octanol–water partition coefficient (Wildman–Crippen LogP) is 7.06. The summed E-state index contributed by atoms with van der Waals surface area (Å²) < 4.78 is 16.0. The van der Waals surface area contributed by atoms with E-state index in [4.69, 9.17) is 19.3 Å². The molecule has 0 amide bonds. The third kappa shape index (κ3) is 7.65. The minimum atomic E-state index is -0.671. The second kappa shape index (κ2) is 14.3. The van der Waals surface area contributed by atoms with E-state index in [2.05, 4.69) is 25.8 Å². The molecule has 4 rings (SSSR count). The van der Waals surface area contributed by atoms with Crippen molar-refractivity contribution in [2.24, 2.45) is 17.8 Å². The third-order valence-electron chi connectivity index (χ3n) is 8.62.